The van der Waals surface area contributed by atoms with Gasteiger partial charge in [0.15, 0.2) is 23.0 Å². The van der Waals surface area contributed by atoms with Crippen molar-refractivity contribution in [2.75, 3.05) is 28.4 Å². The number of methoxy groups -OCH3 is 4. The number of amides is 1. The van der Waals surface area contributed by atoms with Crippen LogP contribution < -0.4 is 24.7 Å². The van der Waals surface area contributed by atoms with Crippen molar-refractivity contribution in [2.24, 2.45) is 5.73 Å². The first-order valence-corrected chi connectivity index (χ1v) is 8.19. The van der Waals surface area contributed by atoms with E-state index in [1.54, 1.807) is 36.4 Å². The molecule has 7 heteroatoms. The summed E-state index contributed by atoms with van der Waals surface area (Å²) in [6.07, 6.45) is 0.702. The monoisotopic (exact) mass is 373 g/mol. The van der Waals surface area contributed by atoms with Crippen LogP contribution in [0.2, 0.25) is 0 Å². The molecule has 2 atom stereocenters. The average Bonchev–Trinajstić information content (AvgIpc) is 2.70. The molecule has 0 fully saturated rings. The summed E-state index contributed by atoms with van der Waals surface area (Å²) >= 11 is 0. The second-order valence-electron chi connectivity index (χ2n) is 5.77. The van der Waals surface area contributed by atoms with Crippen LogP contribution in [0.1, 0.15) is 23.0 Å². The number of hydrogen-bond acceptors (Lipinski definition) is 6. The third-order valence-corrected chi connectivity index (χ3v) is 4.37. The molecule has 0 aliphatic heterocycles. The Morgan fingerprint density at radius 2 is 1.26 bits per heavy atom. The summed E-state index contributed by atoms with van der Waals surface area (Å²) in [4.78, 5) is 24.2. The van der Waals surface area contributed by atoms with Gasteiger partial charge in [0.25, 0.3) is 0 Å². The van der Waals surface area contributed by atoms with E-state index in [1.165, 1.54) is 28.4 Å². The fourth-order valence-electron chi connectivity index (χ4n) is 3.00. The van der Waals surface area contributed by atoms with Crippen molar-refractivity contribution in [1.29, 1.82) is 0 Å². The average molecular weight is 373 g/mol. The maximum Gasteiger partial charge on any atom is 0.226 e. The molecule has 0 aliphatic rings. The lowest BCUT2D eigenvalue weighted by Gasteiger charge is -2.22. The molecule has 0 saturated carbocycles. The molecule has 2 aromatic rings. The summed E-state index contributed by atoms with van der Waals surface area (Å²) in [5.41, 5.74) is 6.78. The second-order valence-corrected chi connectivity index (χ2v) is 5.77. The Bertz CT molecular complexity index is 820. The molecule has 0 heterocycles. The summed E-state index contributed by atoms with van der Waals surface area (Å²) in [6, 6.07) is 10.0. The van der Waals surface area contributed by atoms with E-state index in [-0.39, 0.29) is 0 Å². The summed E-state index contributed by atoms with van der Waals surface area (Å²) in [6.45, 7) is 0. The number of nitrogens with two attached hydrogens (primary N) is 1. The van der Waals surface area contributed by atoms with Gasteiger partial charge in [0, 0.05) is 0 Å². The molecule has 0 spiro atoms. The van der Waals surface area contributed by atoms with Crippen molar-refractivity contribution in [1.82, 2.24) is 0 Å². The van der Waals surface area contributed by atoms with E-state index < -0.39 is 17.7 Å². The van der Waals surface area contributed by atoms with Crippen molar-refractivity contribution in [3.05, 3.63) is 47.5 Å². The lowest BCUT2D eigenvalue weighted by Crippen LogP contribution is -2.28. The van der Waals surface area contributed by atoms with Crippen molar-refractivity contribution in [2.45, 2.75) is 11.8 Å². The van der Waals surface area contributed by atoms with Gasteiger partial charge in [-0.1, -0.05) is 12.1 Å². The quantitative estimate of drug-likeness (QED) is 0.677. The van der Waals surface area contributed by atoms with Crippen LogP contribution in [0.25, 0.3) is 0 Å². The summed E-state index contributed by atoms with van der Waals surface area (Å²) in [7, 11) is 6.02. The van der Waals surface area contributed by atoms with E-state index in [4.69, 9.17) is 24.7 Å². The number of carbonyl (C=O) groups is 2. The first-order chi connectivity index (χ1) is 13.0. The number of benzene rings is 2. The van der Waals surface area contributed by atoms with Crippen molar-refractivity contribution in [3.63, 3.8) is 0 Å². The summed E-state index contributed by atoms with van der Waals surface area (Å²) in [5, 5.41) is 0. The third-order valence-electron chi connectivity index (χ3n) is 4.37. The predicted molar refractivity (Wildman–Crippen MR) is 99.8 cm³/mol. The molecule has 0 aromatic heterocycles. The van der Waals surface area contributed by atoms with Crippen LogP contribution in [-0.4, -0.2) is 40.6 Å². The number of ether oxygens (including phenoxy) is 4. The zero-order valence-electron chi connectivity index (χ0n) is 15.7. The SMILES string of the molecule is COc1ccc(C(C=O)[C@@H](C(N)=O)c2ccc(OC)c(OC)c2)cc1OC. The fourth-order valence-corrected chi connectivity index (χ4v) is 3.00. The molecule has 0 aliphatic carbocycles. The molecule has 2 rings (SSSR count). The van der Waals surface area contributed by atoms with Gasteiger partial charge < -0.3 is 29.5 Å². The molecule has 2 N–H and O–H groups in total. The van der Waals surface area contributed by atoms with Gasteiger partial charge in [-0.05, 0) is 35.4 Å². The van der Waals surface area contributed by atoms with Crippen LogP contribution in [0.15, 0.2) is 36.4 Å². The minimum absolute atomic E-state index is 0.443. The Labute approximate surface area is 158 Å². The van der Waals surface area contributed by atoms with Gasteiger partial charge in [0.2, 0.25) is 5.91 Å². The maximum atomic E-state index is 12.2. The lowest BCUT2D eigenvalue weighted by atomic mass is 9.81. The van der Waals surface area contributed by atoms with E-state index >= 15 is 0 Å². The standard InChI is InChI=1S/C20H23NO6/c1-24-15-7-5-12(9-17(15)26-3)14(11-22)19(20(21)23)13-6-8-16(25-2)18(10-13)27-4/h5-11,14,19H,1-4H3,(H2,21,23)/t14?,19-/m0/s1. The Balaban J connectivity index is 2.54. The summed E-state index contributed by atoms with van der Waals surface area (Å²) in [5.74, 6) is -0.392. The Morgan fingerprint density at radius 1 is 0.815 bits per heavy atom. The molecule has 27 heavy (non-hydrogen) atoms. The van der Waals surface area contributed by atoms with Crippen LogP contribution >= 0.6 is 0 Å². The van der Waals surface area contributed by atoms with Gasteiger partial charge in [-0.25, -0.2) is 0 Å². The van der Waals surface area contributed by atoms with Gasteiger partial charge >= 0.3 is 0 Å². The zero-order valence-corrected chi connectivity index (χ0v) is 15.7. The van der Waals surface area contributed by atoms with E-state index in [1.807, 2.05) is 0 Å². The Kier molecular flexibility index (Phi) is 6.65. The molecule has 2 aromatic carbocycles. The molecule has 7 nitrogen and oxygen atoms in total. The van der Waals surface area contributed by atoms with E-state index in [2.05, 4.69) is 0 Å². The minimum atomic E-state index is -0.889. The highest BCUT2D eigenvalue weighted by Crippen LogP contribution is 2.39. The molecular weight excluding hydrogens is 350 g/mol. The Morgan fingerprint density at radius 3 is 1.67 bits per heavy atom. The first-order valence-electron chi connectivity index (χ1n) is 8.19. The highest BCUT2D eigenvalue weighted by atomic mass is 16.5. The molecule has 144 valence electrons. The summed E-state index contributed by atoms with van der Waals surface area (Å²) < 4.78 is 21.0. The van der Waals surface area contributed by atoms with Crippen LogP contribution in [-0.2, 0) is 9.59 Å². The van der Waals surface area contributed by atoms with Gasteiger partial charge in [-0.2, -0.15) is 0 Å². The molecule has 0 radical (unpaired) electrons. The molecule has 1 amide bonds. The number of rotatable bonds is 9. The fraction of sp³-hybridized carbons (Fsp3) is 0.300. The number of aldehydes is 1. The molecule has 0 bridgehead atoms. The lowest BCUT2D eigenvalue weighted by molar-refractivity contribution is -0.122. The van der Waals surface area contributed by atoms with Crippen molar-refractivity contribution < 1.29 is 28.5 Å². The predicted octanol–water partition coefficient (Wildman–Crippen LogP) is 2.27. The molecular formula is C20H23NO6. The largest absolute Gasteiger partial charge is 0.493 e. The van der Waals surface area contributed by atoms with Crippen LogP contribution in [0, 0.1) is 0 Å². The number of carbonyl (C=O) groups excluding carboxylic acids is 2. The topological polar surface area (TPSA) is 97.1 Å². The highest BCUT2D eigenvalue weighted by molar-refractivity contribution is 5.88. The van der Waals surface area contributed by atoms with E-state index in [0.29, 0.717) is 40.4 Å². The van der Waals surface area contributed by atoms with Crippen molar-refractivity contribution in [3.8, 4) is 23.0 Å². The van der Waals surface area contributed by atoms with Crippen LogP contribution in [0.5, 0.6) is 23.0 Å². The smallest absolute Gasteiger partial charge is 0.226 e. The molecule has 0 saturated heterocycles. The second kappa shape index (κ2) is 8.93. The zero-order chi connectivity index (χ0) is 20.0. The third kappa shape index (κ3) is 4.13. The van der Waals surface area contributed by atoms with E-state index in [0.717, 1.165) is 0 Å². The van der Waals surface area contributed by atoms with Gasteiger partial charge in [-0.15, -0.1) is 0 Å². The van der Waals surface area contributed by atoms with Gasteiger partial charge in [-0.3, -0.25) is 4.79 Å². The maximum absolute atomic E-state index is 12.2. The highest BCUT2D eigenvalue weighted by Gasteiger charge is 2.31. The normalized spacial score (nSPS) is 12.6. The Hall–Kier alpha value is -3.22. The van der Waals surface area contributed by atoms with Crippen LogP contribution in [0.4, 0.5) is 0 Å². The van der Waals surface area contributed by atoms with E-state index in [9.17, 15) is 9.59 Å². The van der Waals surface area contributed by atoms with Gasteiger partial charge in [0.1, 0.15) is 6.29 Å². The van der Waals surface area contributed by atoms with Crippen molar-refractivity contribution >= 4 is 12.2 Å². The molecule has 1 unspecified atom stereocenters. The van der Waals surface area contributed by atoms with Crippen LogP contribution in [0.3, 0.4) is 0 Å². The first kappa shape index (κ1) is 20.1. The van der Waals surface area contributed by atoms with Gasteiger partial charge in [0.05, 0.1) is 40.3 Å². The number of primary amides is 1. The number of hydrogen-bond donors (Lipinski definition) is 1. The minimum Gasteiger partial charge on any atom is -0.493 e.